The van der Waals surface area contributed by atoms with Crippen molar-refractivity contribution in [2.45, 2.75) is 55.4 Å². The molecule has 278 valence electrons. The summed E-state index contributed by atoms with van der Waals surface area (Å²) < 4.78 is 28.8. The van der Waals surface area contributed by atoms with Crippen LogP contribution in [0.3, 0.4) is 0 Å². The summed E-state index contributed by atoms with van der Waals surface area (Å²) in [6, 6.07) is 12.4. The first-order valence-corrected chi connectivity index (χ1v) is 17.6. The van der Waals surface area contributed by atoms with E-state index in [1.54, 1.807) is 64.1 Å². The Hall–Kier alpha value is -6.16. The van der Waals surface area contributed by atoms with Gasteiger partial charge in [0.1, 0.15) is 23.1 Å². The molecule has 2 aliphatic rings. The Morgan fingerprint density at radius 3 is 1.20 bits per heavy atom. The molecule has 54 heavy (non-hydrogen) atoms. The van der Waals surface area contributed by atoms with Gasteiger partial charge in [-0.05, 0) is 97.2 Å². The van der Waals surface area contributed by atoms with Crippen molar-refractivity contribution in [2.75, 3.05) is 10.6 Å². The van der Waals surface area contributed by atoms with Crippen LogP contribution in [-0.4, -0.2) is 32.0 Å². The average Bonchev–Trinajstić information content (AvgIpc) is 3.09. The standard InChI is InChI=1S/C44H42F2N2O6/c1-19(2)33-27-13-23(7)35(41(51)37(27)29(39(49)43(33)53)17-47-25-11-9-21(5)31(45)15-25)36-24(8)14-28-34(20(3)4)44(54)40(50)30(38(28)42(36)52)18-48-26-12-10-22(6)32(46)16-26/h9-20,47-48,51-54H,1-8H3. The highest BCUT2D eigenvalue weighted by Crippen LogP contribution is 2.53. The molecule has 0 aromatic heterocycles. The van der Waals surface area contributed by atoms with Gasteiger partial charge >= 0.3 is 0 Å². The van der Waals surface area contributed by atoms with Crippen molar-refractivity contribution in [3.8, 4) is 22.6 Å². The van der Waals surface area contributed by atoms with Crippen LogP contribution in [0.1, 0.15) is 72.2 Å². The zero-order valence-corrected chi connectivity index (χ0v) is 31.3. The van der Waals surface area contributed by atoms with Crippen LogP contribution in [0.15, 0.2) is 72.4 Å². The van der Waals surface area contributed by atoms with Crippen LogP contribution < -0.4 is 10.6 Å². The molecule has 0 saturated heterocycles. The molecule has 0 spiro atoms. The van der Waals surface area contributed by atoms with Crippen LogP contribution in [-0.2, 0) is 9.59 Å². The highest BCUT2D eigenvalue weighted by molar-refractivity contribution is 6.35. The maximum absolute atomic E-state index is 14.4. The molecule has 4 aromatic rings. The van der Waals surface area contributed by atoms with Crippen LogP contribution in [0.4, 0.5) is 20.2 Å². The molecule has 8 nitrogen and oxygen atoms in total. The van der Waals surface area contributed by atoms with Gasteiger partial charge in [0.2, 0.25) is 11.6 Å². The van der Waals surface area contributed by atoms with Crippen molar-refractivity contribution in [1.82, 2.24) is 0 Å². The Kier molecular flexibility index (Phi) is 9.75. The Morgan fingerprint density at radius 1 is 0.537 bits per heavy atom. The molecule has 0 heterocycles. The molecular formula is C44H42F2N2O6. The summed E-state index contributed by atoms with van der Waals surface area (Å²) in [7, 11) is 0. The molecule has 0 atom stereocenters. The number of ketones is 2. The number of aliphatic hydroxyl groups is 2. The number of phenolic OH excluding ortho intramolecular Hbond substituents is 2. The molecule has 2 aliphatic carbocycles. The lowest BCUT2D eigenvalue weighted by atomic mass is 9.75. The fourth-order valence-electron chi connectivity index (χ4n) is 7.30. The van der Waals surface area contributed by atoms with Crippen LogP contribution in [0, 0.1) is 51.2 Å². The Balaban J connectivity index is 1.62. The molecule has 0 radical (unpaired) electrons. The van der Waals surface area contributed by atoms with Crippen molar-refractivity contribution < 1.29 is 38.8 Å². The molecule has 6 rings (SSSR count). The number of allylic oxidation sites excluding steroid dienone is 4. The number of aryl methyl sites for hydroxylation is 4. The van der Waals surface area contributed by atoms with E-state index >= 15 is 0 Å². The molecule has 0 fully saturated rings. The number of aromatic hydroxyl groups is 2. The molecular weight excluding hydrogens is 690 g/mol. The molecule has 10 heteroatoms. The van der Waals surface area contributed by atoms with E-state index in [0.717, 1.165) is 0 Å². The largest absolute Gasteiger partial charge is 0.507 e. The van der Waals surface area contributed by atoms with Crippen molar-refractivity contribution in [3.05, 3.63) is 129 Å². The lowest BCUT2D eigenvalue weighted by molar-refractivity contribution is -0.113. The number of halogens is 2. The van der Waals surface area contributed by atoms with Gasteiger partial charge in [0.05, 0.1) is 11.1 Å². The van der Waals surface area contributed by atoms with Crippen LogP contribution in [0.25, 0.3) is 33.4 Å². The number of rotatable bonds is 7. The third-order valence-corrected chi connectivity index (χ3v) is 10.1. The van der Waals surface area contributed by atoms with Crippen molar-refractivity contribution in [2.24, 2.45) is 11.8 Å². The summed E-state index contributed by atoms with van der Waals surface area (Å²) in [5.74, 6) is -4.83. The number of carbonyl (C=O) groups excluding carboxylic acids is 2. The van der Waals surface area contributed by atoms with Crippen molar-refractivity contribution in [1.29, 1.82) is 0 Å². The van der Waals surface area contributed by atoms with E-state index in [1.165, 1.54) is 24.5 Å². The highest BCUT2D eigenvalue weighted by Gasteiger charge is 2.38. The molecule has 0 aliphatic heterocycles. The summed E-state index contributed by atoms with van der Waals surface area (Å²) in [5, 5.41) is 52.8. The van der Waals surface area contributed by atoms with Crippen LogP contribution >= 0.6 is 0 Å². The first-order valence-electron chi connectivity index (χ1n) is 17.6. The zero-order chi connectivity index (χ0) is 39.5. The zero-order valence-electron chi connectivity index (χ0n) is 31.3. The van der Waals surface area contributed by atoms with E-state index in [2.05, 4.69) is 10.6 Å². The Bertz CT molecular complexity index is 2270. The summed E-state index contributed by atoms with van der Waals surface area (Å²) in [5.41, 5.74) is 4.27. The third kappa shape index (κ3) is 6.21. The number of hydrogen-bond donors (Lipinski definition) is 6. The number of nitrogens with one attached hydrogen (secondary N) is 2. The molecule has 0 bridgehead atoms. The van der Waals surface area contributed by atoms with Gasteiger partial charge in [0.15, 0.2) is 11.5 Å². The number of hydrogen-bond acceptors (Lipinski definition) is 8. The smallest absolute Gasteiger partial charge is 0.229 e. The lowest BCUT2D eigenvalue weighted by Crippen LogP contribution is -2.20. The summed E-state index contributed by atoms with van der Waals surface area (Å²) in [6.45, 7) is 13.9. The maximum atomic E-state index is 14.4. The second-order valence-electron chi connectivity index (χ2n) is 14.5. The Morgan fingerprint density at radius 2 is 0.889 bits per heavy atom. The van der Waals surface area contributed by atoms with Crippen molar-refractivity contribution >= 4 is 45.2 Å². The number of anilines is 2. The SMILES string of the molecule is Cc1ccc(NC=C2C(=O)C(O)=C(C(C)C)c3cc(C)c(-c4c(C)cc5c(c4O)C(=CNc4ccc(C)c(F)c4)C(=O)C(O)=C5C(C)C)c(O)c32)cc1F. The minimum Gasteiger partial charge on any atom is -0.507 e. The molecule has 0 unspecified atom stereocenters. The predicted octanol–water partition coefficient (Wildman–Crippen LogP) is 10.2. The lowest BCUT2D eigenvalue weighted by Gasteiger charge is -2.29. The van der Waals surface area contributed by atoms with Gasteiger partial charge in [-0.25, -0.2) is 8.78 Å². The molecule has 6 N–H and O–H groups in total. The number of Topliss-reactive ketones (excluding diaryl/α,β-unsaturated/α-hetero) is 2. The van der Waals surface area contributed by atoms with E-state index in [1.807, 2.05) is 27.7 Å². The van der Waals surface area contributed by atoms with Crippen molar-refractivity contribution in [3.63, 3.8) is 0 Å². The highest BCUT2D eigenvalue weighted by atomic mass is 19.1. The number of carbonyl (C=O) groups is 2. The fourth-order valence-corrected chi connectivity index (χ4v) is 7.30. The number of aliphatic hydroxyl groups excluding tert-OH is 2. The van der Waals surface area contributed by atoms with Crippen LogP contribution in [0.5, 0.6) is 11.5 Å². The van der Waals surface area contributed by atoms with Gasteiger partial charge in [0.25, 0.3) is 0 Å². The van der Waals surface area contributed by atoms with Gasteiger partial charge < -0.3 is 31.1 Å². The molecule has 0 amide bonds. The number of phenols is 2. The van der Waals surface area contributed by atoms with Gasteiger partial charge in [-0.2, -0.15) is 0 Å². The predicted molar refractivity (Wildman–Crippen MR) is 209 cm³/mol. The average molecular weight is 733 g/mol. The normalized spacial score (nSPS) is 15.9. The van der Waals surface area contributed by atoms with E-state index in [4.69, 9.17) is 0 Å². The third-order valence-electron chi connectivity index (χ3n) is 10.1. The van der Waals surface area contributed by atoms with E-state index < -0.39 is 34.7 Å². The summed E-state index contributed by atoms with van der Waals surface area (Å²) in [6.07, 6.45) is 2.61. The monoisotopic (exact) mass is 732 g/mol. The van der Waals surface area contributed by atoms with Gasteiger partial charge in [-0.1, -0.05) is 52.0 Å². The molecule has 4 aromatic carbocycles. The van der Waals surface area contributed by atoms with E-state index in [-0.39, 0.29) is 56.7 Å². The molecule has 0 saturated carbocycles. The maximum Gasteiger partial charge on any atom is 0.229 e. The van der Waals surface area contributed by atoms with Gasteiger partial charge in [-0.3, -0.25) is 9.59 Å². The Labute approximate surface area is 312 Å². The summed E-state index contributed by atoms with van der Waals surface area (Å²) in [4.78, 5) is 27.7. The van der Waals surface area contributed by atoms with Crippen LogP contribution in [0.2, 0.25) is 0 Å². The number of fused-ring (bicyclic) bond motifs is 2. The second-order valence-corrected chi connectivity index (χ2v) is 14.5. The minimum absolute atomic E-state index is 0.0917. The second kappa shape index (κ2) is 14.0. The topological polar surface area (TPSA) is 139 Å². The first-order chi connectivity index (χ1) is 25.4. The summed E-state index contributed by atoms with van der Waals surface area (Å²) >= 11 is 0. The van der Waals surface area contributed by atoms with E-state index in [0.29, 0.717) is 55.9 Å². The van der Waals surface area contributed by atoms with E-state index in [9.17, 15) is 38.8 Å². The number of benzene rings is 4. The van der Waals surface area contributed by atoms with Gasteiger partial charge in [0, 0.05) is 57.2 Å². The minimum atomic E-state index is -0.764. The quantitative estimate of drug-likeness (QED) is 0.103. The fraction of sp³-hybridized carbons (Fsp3) is 0.227. The first kappa shape index (κ1) is 37.6. The van der Waals surface area contributed by atoms with Gasteiger partial charge in [-0.15, -0.1) is 0 Å².